The molecule has 0 bridgehead atoms. The van der Waals surface area contributed by atoms with E-state index < -0.39 is 11.5 Å². The molecule has 3 heterocycles. The van der Waals surface area contributed by atoms with Gasteiger partial charge < -0.3 is 5.32 Å². The molecule has 32 heavy (non-hydrogen) atoms. The minimum atomic E-state index is -1.00. The number of rotatable bonds is 3. The average Bonchev–Trinajstić information content (AvgIpc) is 3.48. The minimum Gasteiger partial charge on any atom is -0.324 e. The highest BCUT2D eigenvalue weighted by molar-refractivity contribution is 6.30. The van der Waals surface area contributed by atoms with Gasteiger partial charge in [-0.25, -0.2) is 0 Å². The molecule has 3 aromatic rings. The van der Waals surface area contributed by atoms with Crippen LogP contribution in [0.15, 0.2) is 78.9 Å². The molecule has 4 atom stereocenters. The van der Waals surface area contributed by atoms with Gasteiger partial charge in [0.15, 0.2) is 5.78 Å². The first-order valence-electron chi connectivity index (χ1n) is 11.1. The molecule has 5 heteroatoms. The molecule has 3 aliphatic rings. The highest BCUT2D eigenvalue weighted by Gasteiger charge is 2.69. The van der Waals surface area contributed by atoms with E-state index in [1.54, 1.807) is 0 Å². The average molecular weight is 443 g/mol. The lowest BCUT2D eigenvalue weighted by Gasteiger charge is -2.36. The Kier molecular flexibility index (Phi) is 4.49. The second-order valence-corrected chi connectivity index (χ2v) is 9.39. The lowest BCUT2D eigenvalue weighted by molar-refractivity contribution is -0.127. The molecule has 0 aliphatic carbocycles. The highest BCUT2D eigenvalue weighted by Crippen LogP contribution is 2.61. The number of anilines is 1. The van der Waals surface area contributed by atoms with Crippen LogP contribution in [0.25, 0.3) is 0 Å². The summed E-state index contributed by atoms with van der Waals surface area (Å²) in [5, 5.41) is 3.77. The van der Waals surface area contributed by atoms with E-state index in [0.29, 0.717) is 10.6 Å². The lowest BCUT2D eigenvalue weighted by Crippen LogP contribution is -2.52. The second-order valence-electron chi connectivity index (χ2n) is 8.95. The number of carbonyl (C=O) groups excluding carboxylic acids is 2. The molecule has 3 aliphatic heterocycles. The van der Waals surface area contributed by atoms with Crippen LogP contribution in [0.3, 0.4) is 0 Å². The number of benzene rings is 3. The molecule has 160 valence electrons. The number of hydrogen-bond acceptors (Lipinski definition) is 3. The smallest absolute Gasteiger partial charge is 0.250 e. The quantitative estimate of drug-likeness (QED) is 0.564. The summed E-state index contributed by atoms with van der Waals surface area (Å²) >= 11 is 6.19. The number of amides is 1. The first-order chi connectivity index (χ1) is 15.6. The van der Waals surface area contributed by atoms with E-state index >= 15 is 0 Å². The molecule has 4 nitrogen and oxygen atoms in total. The summed E-state index contributed by atoms with van der Waals surface area (Å²) in [7, 11) is 0. The van der Waals surface area contributed by atoms with E-state index in [-0.39, 0.29) is 23.7 Å². The van der Waals surface area contributed by atoms with Gasteiger partial charge in [0, 0.05) is 33.8 Å². The van der Waals surface area contributed by atoms with E-state index in [9.17, 15) is 9.59 Å². The van der Waals surface area contributed by atoms with Gasteiger partial charge in [0.1, 0.15) is 5.54 Å². The van der Waals surface area contributed by atoms with Crippen molar-refractivity contribution in [2.45, 2.75) is 30.3 Å². The first-order valence-corrected chi connectivity index (χ1v) is 11.5. The third kappa shape index (κ3) is 2.60. The minimum absolute atomic E-state index is 0.0202. The topological polar surface area (TPSA) is 49.4 Å². The molecule has 4 unspecified atom stereocenters. The lowest BCUT2D eigenvalue weighted by atomic mass is 9.69. The summed E-state index contributed by atoms with van der Waals surface area (Å²) in [6.45, 7) is 0.801. The maximum absolute atomic E-state index is 14.2. The molecule has 0 saturated carbocycles. The Morgan fingerprint density at radius 1 is 0.969 bits per heavy atom. The van der Waals surface area contributed by atoms with Crippen molar-refractivity contribution in [3.8, 4) is 0 Å². The number of nitrogens with zero attached hydrogens (tertiary/aromatic N) is 1. The van der Waals surface area contributed by atoms with E-state index in [4.69, 9.17) is 11.6 Å². The first kappa shape index (κ1) is 19.7. The van der Waals surface area contributed by atoms with E-state index in [2.05, 4.69) is 10.2 Å². The third-order valence-electron chi connectivity index (χ3n) is 7.50. The maximum atomic E-state index is 14.2. The molecule has 3 aromatic carbocycles. The standard InChI is InChI=1S/C27H23ClN2O2/c28-19-14-12-17(13-15-19)23-22-11-6-16-30(22)27(20-9-4-5-10-21(20)29-26(27)32)24(23)25(31)18-7-2-1-3-8-18/h1-5,7-10,12-15,22-24H,6,11,16H2,(H,29,32). The van der Waals surface area contributed by atoms with Crippen LogP contribution in [0.4, 0.5) is 5.69 Å². The molecule has 0 radical (unpaired) electrons. The number of nitrogens with one attached hydrogen (secondary N) is 1. The van der Waals surface area contributed by atoms with Crippen LogP contribution in [0.2, 0.25) is 5.02 Å². The van der Waals surface area contributed by atoms with Crippen molar-refractivity contribution in [1.29, 1.82) is 0 Å². The van der Waals surface area contributed by atoms with Gasteiger partial charge in [-0.1, -0.05) is 72.3 Å². The van der Waals surface area contributed by atoms with Crippen molar-refractivity contribution in [2.75, 3.05) is 11.9 Å². The fraction of sp³-hybridized carbons (Fsp3) is 0.259. The summed E-state index contributed by atoms with van der Waals surface area (Å²) in [5.41, 5.74) is 2.44. The molecular weight excluding hydrogens is 420 g/mol. The number of carbonyl (C=O) groups is 2. The summed E-state index contributed by atoms with van der Waals surface area (Å²) in [6.07, 6.45) is 1.97. The summed E-state index contributed by atoms with van der Waals surface area (Å²) < 4.78 is 0. The second kappa shape index (κ2) is 7.29. The van der Waals surface area contributed by atoms with E-state index in [1.807, 2.05) is 78.9 Å². The molecule has 0 aromatic heterocycles. The molecule has 1 spiro atoms. The number of para-hydroxylation sites is 1. The molecule has 2 fully saturated rings. The SMILES string of the molecule is O=C(c1ccccc1)C1C(c2ccc(Cl)cc2)C2CCCN2C12C(=O)Nc1ccccc12. The predicted octanol–water partition coefficient (Wildman–Crippen LogP) is 5.25. The number of fused-ring (bicyclic) bond motifs is 4. The molecule has 2 saturated heterocycles. The Bertz CT molecular complexity index is 1210. The summed E-state index contributed by atoms with van der Waals surface area (Å²) in [4.78, 5) is 30.4. The van der Waals surface area contributed by atoms with Crippen LogP contribution in [0.5, 0.6) is 0 Å². The van der Waals surface area contributed by atoms with Gasteiger partial charge in [0.05, 0.1) is 5.92 Å². The normalized spacial score (nSPS) is 28.5. The monoisotopic (exact) mass is 442 g/mol. The van der Waals surface area contributed by atoms with Crippen molar-refractivity contribution in [3.05, 3.63) is 101 Å². The Morgan fingerprint density at radius 2 is 1.69 bits per heavy atom. The molecule has 6 rings (SSSR count). The van der Waals surface area contributed by atoms with Gasteiger partial charge in [-0.2, -0.15) is 0 Å². The summed E-state index contributed by atoms with van der Waals surface area (Å²) in [6, 6.07) is 25.2. The van der Waals surface area contributed by atoms with Gasteiger partial charge in [-0.3, -0.25) is 14.5 Å². The fourth-order valence-corrected chi connectivity index (χ4v) is 6.48. The number of hydrogen-bond donors (Lipinski definition) is 1. The van der Waals surface area contributed by atoms with Gasteiger partial charge in [-0.15, -0.1) is 0 Å². The van der Waals surface area contributed by atoms with Gasteiger partial charge in [-0.05, 0) is 43.1 Å². The van der Waals surface area contributed by atoms with Crippen molar-refractivity contribution in [1.82, 2.24) is 4.90 Å². The van der Waals surface area contributed by atoms with Crippen molar-refractivity contribution < 1.29 is 9.59 Å². The zero-order valence-corrected chi connectivity index (χ0v) is 18.3. The van der Waals surface area contributed by atoms with Crippen LogP contribution < -0.4 is 5.32 Å². The molecule has 1 N–H and O–H groups in total. The van der Waals surface area contributed by atoms with E-state index in [0.717, 1.165) is 36.2 Å². The van der Waals surface area contributed by atoms with Crippen LogP contribution in [0.1, 0.15) is 40.2 Å². The molecular formula is C27H23ClN2O2. The fourth-order valence-electron chi connectivity index (χ4n) is 6.36. The Labute approximate surface area is 192 Å². The third-order valence-corrected chi connectivity index (χ3v) is 7.76. The van der Waals surface area contributed by atoms with Gasteiger partial charge in [0.2, 0.25) is 5.91 Å². The Balaban J connectivity index is 1.62. The van der Waals surface area contributed by atoms with Crippen LogP contribution in [0, 0.1) is 5.92 Å². The van der Waals surface area contributed by atoms with E-state index in [1.165, 1.54) is 0 Å². The van der Waals surface area contributed by atoms with Crippen LogP contribution in [-0.2, 0) is 10.3 Å². The van der Waals surface area contributed by atoms with Crippen LogP contribution in [-0.4, -0.2) is 29.2 Å². The van der Waals surface area contributed by atoms with Crippen molar-refractivity contribution >= 4 is 29.0 Å². The van der Waals surface area contributed by atoms with Crippen molar-refractivity contribution in [3.63, 3.8) is 0 Å². The zero-order valence-electron chi connectivity index (χ0n) is 17.5. The zero-order chi connectivity index (χ0) is 21.9. The largest absolute Gasteiger partial charge is 0.324 e. The number of halogens is 1. The van der Waals surface area contributed by atoms with Gasteiger partial charge in [0.25, 0.3) is 0 Å². The van der Waals surface area contributed by atoms with Gasteiger partial charge >= 0.3 is 0 Å². The predicted molar refractivity (Wildman–Crippen MR) is 125 cm³/mol. The number of Topliss-reactive ketones (excluding diaryl/α,β-unsaturated/α-hetero) is 1. The highest BCUT2D eigenvalue weighted by atomic mass is 35.5. The Morgan fingerprint density at radius 3 is 2.47 bits per heavy atom. The molecule has 1 amide bonds. The number of ketones is 1. The Hall–Kier alpha value is -2.95. The van der Waals surface area contributed by atoms with Crippen molar-refractivity contribution in [2.24, 2.45) is 5.92 Å². The maximum Gasteiger partial charge on any atom is 0.250 e. The van der Waals surface area contributed by atoms with Crippen LogP contribution >= 0.6 is 11.6 Å². The summed E-state index contributed by atoms with van der Waals surface area (Å²) in [5.74, 6) is -0.692.